The molecule has 0 amide bonds. The molecule has 90 valence electrons. The Morgan fingerprint density at radius 2 is 1.88 bits per heavy atom. The van der Waals surface area contributed by atoms with Crippen LogP contribution in [-0.2, 0) is 6.42 Å². The van der Waals surface area contributed by atoms with Gasteiger partial charge in [-0.3, -0.25) is 0 Å². The van der Waals surface area contributed by atoms with Crippen molar-refractivity contribution in [2.24, 2.45) is 5.73 Å². The quantitative estimate of drug-likeness (QED) is 0.850. The molecule has 0 bridgehead atoms. The Hall–Kier alpha value is -1.21. The third-order valence-electron chi connectivity index (χ3n) is 3.14. The Kier molecular flexibility index (Phi) is 4.27. The van der Waals surface area contributed by atoms with Crippen LogP contribution in [0.25, 0.3) is 0 Å². The number of hydrogen-bond donors (Lipinski definition) is 1. The first-order chi connectivity index (χ1) is 8.27. The van der Waals surface area contributed by atoms with Crippen molar-refractivity contribution in [1.82, 2.24) is 0 Å². The minimum Gasteiger partial charge on any atom is -0.399 e. The van der Waals surface area contributed by atoms with Crippen molar-refractivity contribution in [3.63, 3.8) is 0 Å². The first kappa shape index (κ1) is 12.3. The summed E-state index contributed by atoms with van der Waals surface area (Å²) >= 11 is 6.22. The molecule has 0 radical (unpaired) electrons. The summed E-state index contributed by atoms with van der Waals surface area (Å²) in [6.07, 6.45) is 7.18. The molecule has 1 aliphatic carbocycles. The summed E-state index contributed by atoms with van der Waals surface area (Å²) in [6.45, 7) is 0. The number of rotatable bonds is 4. The van der Waals surface area contributed by atoms with Crippen LogP contribution in [0.5, 0.6) is 0 Å². The fourth-order valence-corrected chi connectivity index (χ4v) is 2.49. The van der Waals surface area contributed by atoms with Crippen LogP contribution in [0.1, 0.15) is 31.2 Å². The van der Waals surface area contributed by atoms with Gasteiger partial charge in [-0.2, -0.15) is 0 Å². The number of nitrogens with two attached hydrogens (primary N) is 1. The maximum Gasteiger partial charge on any atom is 0.0317 e. The summed E-state index contributed by atoms with van der Waals surface area (Å²) in [5, 5.41) is 0.957. The van der Waals surface area contributed by atoms with E-state index in [-0.39, 0.29) is 0 Å². The normalized spacial score (nSPS) is 15.9. The lowest BCUT2D eigenvalue weighted by Crippen LogP contribution is -2.07. The lowest BCUT2D eigenvalue weighted by atomic mass is 9.97. The van der Waals surface area contributed by atoms with Gasteiger partial charge in [-0.25, -0.2) is 0 Å². The molecule has 0 heterocycles. The van der Waals surface area contributed by atoms with E-state index in [0.717, 1.165) is 48.4 Å². The van der Waals surface area contributed by atoms with Crippen LogP contribution >= 0.6 is 11.6 Å². The molecule has 0 aromatic heterocycles. The second kappa shape index (κ2) is 5.92. The number of aryl methyl sites for hydroxylation is 1. The van der Waals surface area contributed by atoms with E-state index in [2.05, 4.69) is 30.3 Å². The molecular weight excluding hydrogens is 230 g/mol. The average Bonchev–Trinajstić information content (AvgIpc) is 2.34. The van der Waals surface area contributed by atoms with Crippen LogP contribution in [0.15, 0.2) is 52.7 Å². The van der Waals surface area contributed by atoms with E-state index in [0.29, 0.717) is 0 Å². The molecule has 1 nitrogen and oxygen atoms in total. The Morgan fingerprint density at radius 1 is 1.12 bits per heavy atom. The van der Waals surface area contributed by atoms with Crippen molar-refractivity contribution in [2.75, 3.05) is 0 Å². The predicted molar refractivity (Wildman–Crippen MR) is 73.8 cm³/mol. The minimum atomic E-state index is 0.884. The van der Waals surface area contributed by atoms with Gasteiger partial charge in [0, 0.05) is 10.7 Å². The molecular formula is C15H18ClN. The van der Waals surface area contributed by atoms with Gasteiger partial charge in [0.2, 0.25) is 0 Å². The van der Waals surface area contributed by atoms with E-state index in [1.54, 1.807) is 0 Å². The zero-order chi connectivity index (χ0) is 12.1. The SMILES string of the molecule is NC1=CCCC(Cl)=C1CCCc1ccccc1. The minimum absolute atomic E-state index is 0.884. The molecule has 2 N–H and O–H groups in total. The summed E-state index contributed by atoms with van der Waals surface area (Å²) in [7, 11) is 0. The van der Waals surface area contributed by atoms with Crippen LogP contribution < -0.4 is 5.73 Å². The van der Waals surface area contributed by atoms with Gasteiger partial charge in [0.05, 0.1) is 0 Å². The highest BCUT2D eigenvalue weighted by molar-refractivity contribution is 6.30. The Balaban J connectivity index is 1.89. The van der Waals surface area contributed by atoms with E-state index >= 15 is 0 Å². The third-order valence-corrected chi connectivity index (χ3v) is 3.56. The topological polar surface area (TPSA) is 26.0 Å². The third kappa shape index (κ3) is 3.37. The lowest BCUT2D eigenvalue weighted by Gasteiger charge is -2.15. The number of allylic oxidation sites excluding steroid dienone is 3. The molecule has 0 saturated heterocycles. The van der Waals surface area contributed by atoms with Crippen LogP contribution in [-0.4, -0.2) is 0 Å². The average molecular weight is 248 g/mol. The van der Waals surface area contributed by atoms with E-state index in [9.17, 15) is 0 Å². The highest BCUT2D eigenvalue weighted by Gasteiger charge is 2.11. The van der Waals surface area contributed by atoms with Gasteiger partial charge in [0.1, 0.15) is 0 Å². The van der Waals surface area contributed by atoms with Crippen LogP contribution in [0, 0.1) is 0 Å². The molecule has 0 unspecified atom stereocenters. The summed E-state index contributed by atoms with van der Waals surface area (Å²) in [4.78, 5) is 0. The van der Waals surface area contributed by atoms with E-state index in [4.69, 9.17) is 17.3 Å². The standard InChI is InChI=1S/C15H18ClN/c16-14-10-5-11-15(17)13(14)9-4-8-12-6-2-1-3-7-12/h1-3,6-7,11H,4-5,8-10,17H2. The summed E-state index contributed by atoms with van der Waals surface area (Å²) in [5.41, 5.74) is 9.39. The Bertz CT molecular complexity index is 431. The zero-order valence-electron chi connectivity index (χ0n) is 9.95. The van der Waals surface area contributed by atoms with Crippen LogP contribution in [0.2, 0.25) is 0 Å². The highest BCUT2D eigenvalue weighted by Crippen LogP contribution is 2.28. The van der Waals surface area contributed by atoms with Crippen LogP contribution in [0.4, 0.5) is 0 Å². The fraction of sp³-hybridized carbons (Fsp3) is 0.333. The number of halogens is 1. The second-order valence-corrected chi connectivity index (χ2v) is 4.88. The zero-order valence-corrected chi connectivity index (χ0v) is 10.7. The molecule has 0 aliphatic heterocycles. The Labute approximate surface area is 108 Å². The molecule has 1 aliphatic rings. The molecule has 0 atom stereocenters. The molecule has 0 fully saturated rings. The molecule has 0 spiro atoms. The Morgan fingerprint density at radius 3 is 2.59 bits per heavy atom. The van der Waals surface area contributed by atoms with Crippen molar-refractivity contribution in [2.45, 2.75) is 32.1 Å². The number of hydrogen-bond acceptors (Lipinski definition) is 1. The number of benzene rings is 1. The highest BCUT2D eigenvalue weighted by atomic mass is 35.5. The largest absolute Gasteiger partial charge is 0.399 e. The molecule has 0 saturated carbocycles. The van der Waals surface area contributed by atoms with Gasteiger partial charge in [0.15, 0.2) is 0 Å². The first-order valence-corrected chi connectivity index (χ1v) is 6.52. The summed E-state index contributed by atoms with van der Waals surface area (Å²) < 4.78 is 0. The van der Waals surface area contributed by atoms with Crippen molar-refractivity contribution < 1.29 is 0 Å². The molecule has 17 heavy (non-hydrogen) atoms. The summed E-state index contributed by atoms with van der Waals surface area (Å²) in [6, 6.07) is 10.5. The van der Waals surface area contributed by atoms with Crippen LogP contribution in [0.3, 0.4) is 0 Å². The van der Waals surface area contributed by atoms with E-state index < -0.39 is 0 Å². The fourth-order valence-electron chi connectivity index (χ4n) is 2.18. The van der Waals surface area contributed by atoms with Crippen molar-refractivity contribution in [3.8, 4) is 0 Å². The predicted octanol–water partition coefficient (Wildman–Crippen LogP) is 4.14. The second-order valence-electron chi connectivity index (χ2n) is 4.42. The van der Waals surface area contributed by atoms with Gasteiger partial charge in [0.25, 0.3) is 0 Å². The van der Waals surface area contributed by atoms with Gasteiger partial charge < -0.3 is 5.73 Å². The molecule has 1 aromatic carbocycles. The summed E-state index contributed by atoms with van der Waals surface area (Å²) in [5.74, 6) is 0. The van der Waals surface area contributed by atoms with Gasteiger partial charge >= 0.3 is 0 Å². The molecule has 1 aromatic rings. The molecule has 2 heteroatoms. The maximum atomic E-state index is 6.22. The van der Waals surface area contributed by atoms with Crippen molar-refractivity contribution >= 4 is 11.6 Å². The van der Waals surface area contributed by atoms with Gasteiger partial charge in [-0.15, -0.1) is 0 Å². The molecule has 2 rings (SSSR count). The smallest absolute Gasteiger partial charge is 0.0317 e. The van der Waals surface area contributed by atoms with Gasteiger partial charge in [-0.1, -0.05) is 48.0 Å². The first-order valence-electron chi connectivity index (χ1n) is 6.15. The van der Waals surface area contributed by atoms with E-state index in [1.807, 2.05) is 6.07 Å². The van der Waals surface area contributed by atoms with Gasteiger partial charge in [-0.05, 0) is 43.2 Å². The van der Waals surface area contributed by atoms with Crippen molar-refractivity contribution in [1.29, 1.82) is 0 Å². The lowest BCUT2D eigenvalue weighted by molar-refractivity contribution is 0.794. The van der Waals surface area contributed by atoms with Crippen molar-refractivity contribution in [3.05, 3.63) is 58.3 Å². The van der Waals surface area contributed by atoms with E-state index in [1.165, 1.54) is 5.56 Å². The monoisotopic (exact) mass is 247 g/mol. The maximum absolute atomic E-state index is 6.22.